The summed E-state index contributed by atoms with van der Waals surface area (Å²) in [6.07, 6.45) is 9.96. The third kappa shape index (κ3) is 8.06. The van der Waals surface area contributed by atoms with Crippen LogP contribution in [0.2, 0.25) is 0 Å². The summed E-state index contributed by atoms with van der Waals surface area (Å²) in [7, 11) is 0. The first-order valence-corrected chi connectivity index (χ1v) is 15.4. The molecular weight excluding hydrogens is 490 g/mol. The van der Waals surface area contributed by atoms with E-state index in [9.17, 15) is 19.5 Å². The van der Waals surface area contributed by atoms with E-state index in [1.807, 2.05) is 35.2 Å². The molecule has 2 saturated heterocycles. The molecule has 3 fully saturated rings. The van der Waals surface area contributed by atoms with E-state index in [-0.39, 0.29) is 36.6 Å². The van der Waals surface area contributed by atoms with Gasteiger partial charge >= 0.3 is 5.97 Å². The normalized spacial score (nSPS) is 29.7. The van der Waals surface area contributed by atoms with Crippen LogP contribution < -0.4 is 10.6 Å². The Bertz CT molecular complexity index is 954. The van der Waals surface area contributed by atoms with Crippen LogP contribution in [0.4, 0.5) is 0 Å². The first kappa shape index (κ1) is 29.6. The third-order valence-electron chi connectivity index (χ3n) is 9.86. The molecule has 3 N–H and O–H groups in total. The Morgan fingerprint density at radius 2 is 1.90 bits per heavy atom. The van der Waals surface area contributed by atoms with Gasteiger partial charge < -0.3 is 20.6 Å². The van der Waals surface area contributed by atoms with Crippen LogP contribution in [0.5, 0.6) is 0 Å². The Labute approximate surface area is 234 Å². The monoisotopic (exact) mass is 539 g/mol. The number of carbonyl (C=O) groups excluding carboxylic acids is 2. The highest BCUT2D eigenvalue weighted by Crippen LogP contribution is 2.42. The van der Waals surface area contributed by atoms with Crippen LogP contribution in [-0.2, 0) is 14.4 Å². The Kier molecular flexibility index (Phi) is 10.8. The zero-order valence-electron chi connectivity index (χ0n) is 23.9. The predicted molar refractivity (Wildman–Crippen MR) is 153 cm³/mol. The largest absolute Gasteiger partial charge is 0.481 e. The molecule has 2 amide bonds. The molecule has 7 heteroatoms. The number of rotatable bonds is 11. The summed E-state index contributed by atoms with van der Waals surface area (Å²) in [5.74, 6) is 1.74. The lowest BCUT2D eigenvalue weighted by Gasteiger charge is -2.38. The van der Waals surface area contributed by atoms with Crippen LogP contribution in [0, 0.1) is 23.7 Å². The number of fused-ring (bicyclic) bond motifs is 1. The topological polar surface area (TPSA) is 98.7 Å². The van der Waals surface area contributed by atoms with E-state index in [2.05, 4.69) is 24.5 Å². The number of aliphatic carboxylic acids is 1. The predicted octanol–water partition coefficient (Wildman–Crippen LogP) is 4.96. The molecule has 0 aromatic heterocycles. The maximum Gasteiger partial charge on any atom is 0.303 e. The molecule has 39 heavy (non-hydrogen) atoms. The maximum atomic E-state index is 13.0. The van der Waals surface area contributed by atoms with Gasteiger partial charge in [0.15, 0.2) is 0 Å². The molecular formula is C32H49N3O4. The molecule has 7 atom stereocenters. The second-order valence-electron chi connectivity index (χ2n) is 12.3. The molecule has 7 nitrogen and oxygen atoms in total. The van der Waals surface area contributed by atoms with Crippen molar-refractivity contribution in [3.8, 4) is 0 Å². The minimum Gasteiger partial charge on any atom is -0.481 e. The molecule has 1 aromatic carbocycles. The van der Waals surface area contributed by atoms with Crippen molar-refractivity contribution in [2.24, 2.45) is 23.7 Å². The highest BCUT2D eigenvalue weighted by molar-refractivity contribution is 5.79. The van der Waals surface area contributed by atoms with Gasteiger partial charge in [0.2, 0.25) is 11.8 Å². The number of carbonyl (C=O) groups is 3. The molecule has 2 heterocycles. The quantitative estimate of drug-likeness (QED) is 0.369. The van der Waals surface area contributed by atoms with Crippen molar-refractivity contribution >= 4 is 17.8 Å². The van der Waals surface area contributed by atoms with Crippen molar-refractivity contribution in [2.75, 3.05) is 19.6 Å². The average Bonchev–Trinajstić information content (AvgIpc) is 3.34. The SMILES string of the molecule is CCC1C(CCCC(=O)N2CC[C@@H](NC(=O)C[C@H](CC(=O)O)c3ccccc3)C2)CCC2CCCNC2C1C. The molecule has 0 radical (unpaired) electrons. The number of benzene rings is 1. The second-order valence-corrected chi connectivity index (χ2v) is 12.3. The van der Waals surface area contributed by atoms with Gasteiger partial charge in [-0.1, -0.05) is 50.6 Å². The molecule has 1 saturated carbocycles. The maximum absolute atomic E-state index is 13.0. The zero-order valence-corrected chi connectivity index (χ0v) is 23.9. The zero-order chi connectivity index (χ0) is 27.8. The molecule has 2 aliphatic heterocycles. The minimum atomic E-state index is -0.909. The minimum absolute atomic E-state index is 0.0641. The fourth-order valence-corrected chi connectivity index (χ4v) is 7.85. The van der Waals surface area contributed by atoms with Crippen LogP contribution in [0.15, 0.2) is 30.3 Å². The summed E-state index contributed by atoms with van der Waals surface area (Å²) in [5, 5.41) is 16.2. The average molecular weight is 540 g/mol. The van der Waals surface area contributed by atoms with Gasteiger partial charge in [-0.2, -0.15) is 0 Å². The van der Waals surface area contributed by atoms with Gasteiger partial charge in [-0.15, -0.1) is 0 Å². The van der Waals surface area contributed by atoms with Crippen molar-refractivity contribution in [3.05, 3.63) is 35.9 Å². The Balaban J connectivity index is 1.21. The van der Waals surface area contributed by atoms with Crippen molar-refractivity contribution in [2.45, 2.75) is 102 Å². The fourth-order valence-electron chi connectivity index (χ4n) is 7.85. The smallest absolute Gasteiger partial charge is 0.303 e. The van der Waals surface area contributed by atoms with Gasteiger partial charge in [0.25, 0.3) is 0 Å². The van der Waals surface area contributed by atoms with Gasteiger partial charge in [-0.25, -0.2) is 0 Å². The summed E-state index contributed by atoms with van der Waals surface area (Å²) in [6.45, 7) is 7.18. The molecule has 4 rings (SSSR count). The summed E-state index contributed by atoms with van der Waals surface area (Å²) < 4.78 is 0. The van der Waals surface area contributed by atoms with E-state index in [0.717, 1.165) is 43.2 Å². The molecule has 5 unspecified atom stereocenters. The van der Waals surface area contributed by atoms with E-state index in [4.69, 9.17) is 0 Å². The number of hydrogen-bond acceptors (Lipinski definition) is 4. The lowest BCUT2D eigenvalue weighted by atomic mass is 9.74. The lowest BCUT2D eigenvalue weighted by molar-refractivity contribution is -0.137. The van der Waals surface area contributed by atoms with Crippen molar-refractivity contribution < 1.29 is 19.5 Å². The van der Waals surface area contributed by atoms with Gasteiger partial charge in [0, 0.05) is 43.9 Å². The van der Waals surface area contributed by atoms with Gasteiger partial charge in [-0.05, 0) is 80.7 Å². The first-order valence-electron chi connectivity index (χ1n) is 15.4. The third-order valence-corrected chi connectivity index (χ3v) is 9.86. The van der Waals surface area contributed by atoms with Crippen LogP contribution in [0.1, 0.15) is 96.0 Å². The molecule has 1 aliphatic carbocycles. The molecule has 216 valence electrons. The highest BCUT2D eigenvalue weighted by Gasteiger charge is 2.39. The number of nitrogens with zero attached hydrogens (tertiary/aromatic N) is 1. The van der Waals surface area contributed by atoms with E-state index in [0.29, 0.717) is 37.4 Å². The van der Waals surface area contributed by atoms with Crippen LogP contribution in [0.3, 0.4) is 0 Å². The summed E-state index contributed by atoms with van der Waals surface area (Å²) in [5.41, 5.74) is 0.863. The number of piperidine rings is 1. The number of carboxylic acid groups (broad SMARTS) is 1. The molecule has 3 aliphatic rings. The van der Waals surface area contributed by atoms with Crippen LogP contribution in [-0.4, -0.2) is 59.5 Å². The number of amides is 2. The molecule has 0 bridgehead atoms. The van der Waals surface area contributed by atoms with Crippen molar-refractivity contribution in [1.82, 2.24) is 15.5 Å². The van der Waals surface area contributed by atoms with E-state index >= 15 is 0 Å². The lowest BCUT2D eigenvalue weighted by Crippen LogP contribution is -2.46. The van der Waals surface area contributed by atoms with E-state index < -0.39 is 5.97 Å². The van der Waals surface area contributed by atoms with Crippen LogP contribution in [0.25, 0.3) is 0 Å². The van der Waals surface area contributed by atoms with Crippen molar-refractivity contribution in [1.29, 1.82) is 0 Å². The Morgan fingerprint density at radius 3 is 2.64 bits per heavy atom. The van der Waals surface area contributed by atoms with Gasteiger partial charge in [-0.3, -0.25) is 14.4 Å². The van der Waals surface area contributed by atoms with E-state index in [1.54, 1.807) is 0 Å². The number of likely N-dealkylation sites (tertiary alicyclic amines) is 1. The van der Waals surface area contributed by atoms with Crippen LogP contribution >= 0.6 is 0 Å². The summed E-state index contributed by atoms with van der Waals surface area (Å²) in [6, 6.07) is 9.97. The second kappa shape index (κ2) is 14.3. The summed E-state index contributed by atoms with van der Waals surface area (Å²) >= 11 is 0. The molecule has 0 spiro atoms. The van der Waals surface area contributed by atoms with Gasteiger partial charge in [0.05, 0.1) is 6.42 Å². The number of nitrogens with one attached hydrogen (secondary N) is 2. The first-order chi connectivity index (χ1) is 18.9. The Morgan fingerprint density at radius 1 is 1.10 bits per heavy atom. The highest BCUT2D eigenvalue weighted by atomic mass is 16.4. The fraction of sp³-hybridized carbons (Fsp3) is 0.719. The van der Waals surface area contributed by atoms with Gasteiger partial charge in [0.1, 0.15) is 0 Å². The Hall–Kier alpha value is -2.41. The molecule has 1 aromatic rings. The van der Waals surface area contributed by atoms with E-state index in [1.165, 1.54) is 32.1 Å². The number of hydrogen-bond donors (Lipinski definition) is 3. The standard InChI is InChI=1S/C32H49N3O4/c1-3-28-22(2)32-25(12-8-17-33-32)15-14-24(28)11-7-13-30(37)35-18-16-27(21-35)34-29(36)19-26(20-31(38)39)23-9-5-4-6-10-23/h4-6,9-10,22,24-28,32-33H,3,7-8,11-21H2,1-2H3,(H,34,36)(H,38,39)/t22?,24?,25?,26-,27-,28?,32?/m1/s1. The van der Waals surface area contributed by atoms with Crippen molar-refractivity contribution in [3.63, 3.8) is 0 Å². The summed E-state index contributed by atoms with van der Waals surface area (Å²) in [4.78, 5) is 39.1. The number of carboxylic acids is 1.